The molecule has 0 aromatic heterocycles. The van der Waals surface area contributed by atoms with Crippen LogP contribution in [-0.2, 0) is 11.3 Å². The first-order valence-electron chi connectivity index (χ1n) is 10.2. The van der Waals surface area contributed by atoms with Crippen LogP contribution in [0.25, 0.3) is 11.6 Å². The standard InChI is InChI=1S/C26H26N2O/c29-26(27-20-22-13-15-24(16-14-22)28-17-7-8-18-28)25(23-11-5-2-6-12-23)19-21-9-3-1-4-10-21/h1-6,9-16,19H,7-8,17-18,20H2,(H,27,29)/b25-19+. The van der Waals surface area contributed by atoms with Gasteiger partial charge in [0.25, 0.3) is 5.91 Å². The van der Waals surface area contributed by atoms with Gasteiger partial charge in [-0.05, 0) is 47.7 Å². The van der Waals surface area contributed by atoms with Crippen molar-refractivity contribution in [2.45, 2.75) is 19.4 Å². The summed E-state index contributed by atoms with van der Waals surface area (Å²) in [5.41, 5.74) is 4.97. The van der Waals surface area contributed by atoms with E-state index < -0.39 is 0 Å². The summed E-state index contributed by atoms with van der Waals surface area (Å²) in [6.45, 7) is 2.79. The summed E-state index contributed by atoms with van der Waals surface area (Å²) in [4.78, 5) is 15.4. The van der Waals surface area contributed by atoms with Crippen LogP contribution in [0, 0.1) is 0 Å². The summed E-state index contributed by atoms with van der Waals surface area (Å²) in [7, 11) is 0. The maximum absolute atomic E-state index is 13.0. The first-order chi connectivity index (χ1) is 14.3. The monoisotopic (exact) mass is 382 g/mol. The fraction of sp³-hybridized carbons (Fsp3) is 0.192. The van der Waals surface area contributed by atoms with Crippen LogP contribution in [0.5, 0.6) is 0 Å². The van der Waals surface area contributed by atoms with E-state index >= 15 is 0 Å². The molecular formula is C26H26N2O. The third-order valence-corrected chi connectivity index (χ3v) is 5.30. The summed E-state index contributed by atoms with van der Waals surface area (Å²) in [5, 5.41) is 3.09. The summed E-state index contributed by atoms with van der Waals surface area (Å²) in [6, 6.07) is 28.3. The number of nitrogens with one attached hydrogen (secondary N) is 1. The van der Waals surface area contributed by atoms with Gasteiger partial charge in [-0.15, -0.1) is 0 Å². The van der Waals surface area contributed by atoms with E-state index in [4.69, 9.17) is 0 Å². The number of hydrogen-bond acceptors (Lipinski definition) is 2. The van der Waals surface area contributed by atoms with Gasteiger partial charge >= 0.3 is 0 Å². The van der Waals surface area contributed by atoms with Gasteiger partial charge in [0.2, 0.25) is 0 Å². The predicted molar refractivity (Wildman–Crippen MR) is 120 cm³/mol. The Morgan fingerprint density at radius 1 is 0.828 bits per heavy atom. The van der Waals surface area contributed by atoms with Crippen LogP contribution in [0.4, 0.5) is 5.69 Å². The van der Waals surface area contributed by atoms with E-state index in [1.807, 2.05) is 66.7 Å². The molecule has 1 N–H and O–H groups in total. The van der Waals surface area contributed by atoms with Crippen molar-refractivity contribution in [1.29, 1.82) is 0 Å². The molecular weight excluding hydrogens is 356 g/mol. The van der Waals surface area contributed by atoms with Gasteiger partial charge < -0.3 is 10.2 Å². The predicted octanol–water partition coefficient (Wildman–Crippen LogP) is 5.14. The van der Waals surface area contributed by atoms with Gasteiger partial charge in [-0.25, -0.2) is 0 Å². The zero-order valence-electron chi connectivity index (χ0n) is 16.6. The number of carbonyl (C=O) groups is 1. The fourth-order valence-electron chi connectivity index (χ4n) is 3.69. The highest BCUT2D eigenvalue weighted by molar-refractivity contribution is 6.24. The number of rotatable bonds is 6. The Morgan fingerprint density at radius 2 is 1.45 bits per heavy atom. The molecule has 0 radical (unpaired) electrons. The second-order valence-corrected chi connectivity index (χ2v) is 7.38. The highest BCUT2D eigenvalue weighted by Gasteiger charge is 2.13. The zero-order valence-corrected chi connectivity index (χ0v) is 16.6. The van der Waals surface area contributed by atoms with Crippen LogP contribution in [0.3, 0.4) is 0 Å². The molecule has 29 heavy (non-hydrogen) atoms. The molecule has 1 aliphatic heterocycles. The van der Waals surface area contributed by atoms with Gasteiger partial charge in [-0.3, -0.25) is 4.79 Å². The number of carbonyl (C=O) groups excluding carboxylic acids is 1. The molecule has 3 aromatic carbocycles. The van der Waals surface area contributed by atoms with E-state index in [1.165, 1.54) is 18.5 Å². The first-order valence-corrected chi connectivity index (χ1v) is 10.2. The van der Waals surface area contributed by atoms with Crippen LogP contribution in [-0.4, -0.2) is 19.0 Å². The number of hydrogen-bond donors (Lipinski definition) is 1. The average Bonchev–Trinajstić information content (AvgIpc) is 3.32. The van der Waals surface area contributed by atoms with Crippen LogP contribution < -0.4 is 10.2 Å². The van der Waals surface area contributed by atoms with Crippen molar-refractivity contribution in [3.8, 4) is 0 Å². The molecule has 1 saturated heterocycles. The maximum Gasteiger partial charge on any atom is 0.252 e. The van der Waals surface area contributed by atoms with Gasteiger partial charge in [0.1, 0.15) is 0 Å². The van der Waals surface area contributed by atoms with Gasteiger partial charge in [-0.2, -0.15) is 0 Å². The third kappa shape index (κ3) is 4.94. The van der Waals surface area contributed by atoms with Gasteiger partial charge in [0, 0.05) is 30.9 Å². The molecule has 1 heterocycles. The Hall–Kier alpha value is -3.33. The molecule has 0 aliphatic carbocycles. The zero-order chi connectivity index (χ0) is 19.9. The van der Waals surface area contributed by atoms with Crippen LogP contribution in [0.15, 0.2) is 84.9 Å². The molecule has 3 heteroatoms. The van der Waals surface area contributed by atoms with Crippen molar-refractivity contribution in [2.24, 2.45) is 0 Å². The molecule has 0 atom stereocenters. The lowest BCUT2D eigenvalue weighted by molar-refractivity contribution is -0.115. The third-order valence-electron chi connectivity index (χ3n) is 5.30. The molecule has 146 valence electrons. The fourth-order valence-corrected chi connectivity index (χ4v) is 3.69. The van der Waals surface area contributed by atoms with E-state index in [1.54, 1.807) is 0 Å². The topological polar surface area (TPSA) is 32.3 Å². The van der Waals surface area contributed by atoms with Crippen LogP contribution in [0.2, 0.25) is 0 Å². The normalized spacial score (nSPS) is 14.1. The Kier molecular flexibility index (Phi) is 6.06. The minimum absolute atomic E-state index is 0.0660. The second-order valence-electron chi connectivity index (χ2n) is 7.38. The molecule has 0 saturated carbocycles. The SMILES string of the molecule is O=C(NCc1ccc(N2CCCC2)cc1)/C(=C/c1ccccc1)c1ccccc1. The molecule has 1 aliphatic rings. The Morgan fingerprint density at radius 3 is 2.10 bits per heavy atom. The van der Waals surface area contributed by atoms with Gasteiger partial charge in [0.15, 0.2) is 0 Å². The minimum Gasteiger partial charge on any atom is -0.372 e. The summed E-state index contributed by atoms with van der Waals surface area (Å²) < 4.78 is 0. The molecule has 0 unspecified atom stereocenters. The Bertz CT molecular complexity index is 957. The average molecular weight is 383 g/mol. The smallest absolute Gasteiger partial charge is 0.252 e. The lowest BCUT2D eigenvalue weighted by Gasteiger charge is -2.18. The molecule has 0 spiro atoms. The lowest BCUT2D eigenvalue weighted by atomic mass is 10.0. The molecule has 3 nitrogen and oxygen atoms in total. The minimum atomic E-state index is -0.0660. The van der Waals surface area contributed by atoms with E-state index in [9.17, 15) is 4.79 Å². The number of nitrogens with zero attached hydrogens (tertiary/aromatic N) is 1. The first kappa shape index (κ1) is 19.0. The Labute approximate surface area is 172 Å². The number of anilines is 1. The van der Waals surface area contributed by atoms with Crippen molar-refractivity contribution in [3.05, 3.63) is 102 Å². The molecule has 1 amide bonds. The highest BCUT2D eigenvalue weighted by Crippen LogP contribution is 2.21. The molecule has 4 rings (SSSR count). The highest BCUT2D eigenvalue weighted by atomic mass is 16.1. The summed E-state index contributed by atoms with van der Waals surface area (Å²) in [6.07, 6.45) is 4.49. The van der Waals surface area contributed by atoms with Crippen molar-refractivity contribution in [1.82, 2.24) is 5.32 Å². The van der Waals surface area contributed by atoms with Gasteiger partial charge in [0.05, 0.1) is 0 Å². The molecule has 0 bridgehead atoms. The quantitative estimate of drug-likeness (QED) is 0.473. The van der Waals surface area contributed by atoms with Crippen molar-refractivity contribution >= 4 is 23.2 Å². The molecule has 3 aromatic rings. The lowest BCUT2D eigenvalue weighted by Crippen LogP contribution is -2.24. The largest absolute Gasteiger partial charge is 0.372 e. The number of benzene rings is 3. The van der Waals surface area contributed by atoms with Gasteiger partial charge in [-0.1, -0.05) is 72.8 Å². The summed E-state index contributed by atoms with van der Waals surface area (Å²) in [5.74, 6) is -0.0660. The van der Waals surface area contributed by atoms with E-state index in [0.717, 1.165) is 29.8 Å². The summed E-state index contributed by atoms with van der Waals surface area (Å²) >= 11 is 0. The van der Waals surface area contributed by atoms with E-state index in [-0.39, 0.29) is 5.91 Å². The maximum atomic E-state index is 13.0. The van der Waals surface area contributed by atoms with Crippen molar-refractivity contribution in [3.63, 3.8) is 0 Å². The van der Waals surface area contributed by atoms with Crippen LogP contribution >= 0.6 is 0 Å². The van der Waals surface area contributed by atoms with E-state index in [0.29, 0.717) is 12.1 Å². The van der Waals surface area contributed by atoms with E-state index in [2.05, 4.69) is 34.5 Å². The van der Waals surface area contributed by atoms with Crippen molar-refractivity contribution < 1.29 is 4.79 Å². The van der Waals surface area contributed by atoms with Crippen LogP contribution in [0.1, 0.15) is 29.5 Å². The van der Waals surface area contributed by atoms with Crippen molar-refractivity contribution in [2.75, 3.05) is 18.0 Å². The molecule has 1 fully saturated rings. The number of amides is 1. The Balaban J connectivity index is 1.47. The second kappa shape index (κ2) is 9.24.